The van der Waals surface area contributed by atoms with E-state index >= 15 is 0 Å². The van der Waals surface area contributed by atoms with Crippen LogP contribution in [0.1, 0.15) is 67.4 Å². The Morgan fingerprint density at radius 1 is 1.03 bits per heavy atom. The summed E-state index contributed by atoms with van der Waals surface area (Å²) >= 11 is 0. The summed E-state index contributed by atoms with van der Waals surface area (Å²) in [5.74, 6) is 0. The molecule has 6 nitrogen and oxygen atoms in total. The molecule has 0 spiro atoms. The molecule has 6 heteroatoms. The van der Waals surface area contributed by atoms with E-state index in [-0.39, 0.29) is 0 Å². The number of aryl methyl sites for hydroxylation is 4. The van der Waals surface area contributed by atoms with E-state index < -0.39 is 6.10 Å². The van der Waals surface area contributed by atoms with Gasteiger partial charge in [-0.15, -0.1) is 0 Å². The average Bonchev–Trinajstić information content (AvgIpc) is 3.16. The summed E-state index contributed by atoms with van der Waals surface area (Å²) in [4.78, 5) is 9.68. The van der Waals surface area contributed by atoms with Gasteiger partial charge in [0.1, 0.15) is 11.3 Å². The van der Waals surface area contributed by atoms with Crippen LogP contribution in [0.4, 0.5) is 0 Å². The Morgan fingerprint density at radius 3 is 2.48 bits per heavy atom. The van der Waals surface area contributed by atoms with Crippen LogP contribution in [0, 0.1) is 20.8 Å². The van der Waals surface area contributed by atoms with Crippen molar-refractivity contribution in [3.8, 4) is 11.4 Å². The predicted octanol–water partition coefficient (Wildman–Crippen LogP) is 4.76. The number of imidazole rings is 2. The number of nitrogens with zero attached hydrogens (tertiary/aromatic N) is 5. The zero-order chi connectivity index (χ0) is 20.7. The second-order valence-corrected chi connectivity index (χ2v) is 7.93. The van der Waals surface area contributed by atoms with E-state index in [9.17, 15) is 5.11 Å². The summed E-state index contributed by atoms with van der Waals surface area (Å²) in [6, 6.07) is 6.03. The van der Waals surface area contributed by atoms with Crippen molar-refractivity contribution in [3.63, 3.8) is 0 Å². The number of aliphatic hydroxyl groups is 1. The van der Waals surface area contributed by atoms with Gasteiger partial charge in [0.25, 0.3) is 0 Å². The minimum absolute atomic E-state index is 0.581. The van der Waals surface area contributed by atoms with Crippen molar-refractivity contribution in [2.45, 2.75) is 66.4 Å². The standard InChI is InChI=1S/C23H29N5O/c1-6-7-8-10-18-13-14(2)26-28-21(16(4)24-22(18)28)20-15(3)25-23-19(17(5)29)11-9-12-27(20)23/h9,11-13,17,29H,6-8,10H2,1-5H3. The predicted molar refractivity (Wildman–Crippen MR) is 115 cm³/mol. The highest BCUT2D eigenvalue weighted by Crippen LogP contribution is 2.31. The molecule has 1 N–H and O–H groups in total. The van der Waals surface area contributed by atoms with Gasteiger partial charge in [-0.3, -0.25) is 4.40 Å². The first-order chi connectivity index (χ1) is 13.9. The maximum Gasteiger partial charge on any atom is 0.157 e. The molecule has 0 saturated heterocycles. The zero-order valence-corrected chi connectivity index (χ0v) is 17.9. The van der Waals surface area contributed by atoms with Crippen LogP contribution in [-0.4, -0.2) is 29.1 Å². The highest BCUT2D eigenvalue weighted by atomic mass is 16.3. The van der Waals surface area contributed by atoms with E-state index in [4.69, 9.17) is 15.1 Å². The summed E-state index contributed by atoms with van der Waals surface area (Å²) in [6.07, 6.45) is 5.99. The van der Waals surface area contributed by atoms with Crippen LogP contribution in [-0.2, 0) is 6.42 Å². The number of hydrogen-bond donors (Lipinski definition) is 1. The fourth-order valence-electron chi connectivity index (χ4n) is 4.16. The van der Waals surface area contributed by atoms with Crippen molar-refractivity contribution in [3.05, 3.63) is 52.6 Å². The van der Waals surface area contributed by atoms with Crippen molar-refractivity contribution in [2.75, 3.05) is 0 Å². The molecular weight excluding hydrogens is 362 g/mol. The lowest BCUT2D eigenvalue weighted by molar-refractivity contribution is 0.200. The molecule has 29 heavy (non-hydrogen) atoms. The fraction of sp³-hybridized carbons (Fsp3) is 0.435. The van der Waals surface area contributed by atoms with Crippen molar-refractivity contribution >= 4 is 11.3 Å². The number of unbranched alkanes of at least 4 members (excludes halogenated alkanes) is 2. The monoisotopic (exact) mass is 391 g/mol. The largest absolute Gasteiger partial charge is 0.389 e. The number of rotatable bonds is 6. The van der Waals surface area contributed by atoms with Gasteiger partial charge in [0, 0.05) is 11.8 Å². The molecular formula is C23H29N5O. The molecule has 0 fully saturated rings. The Bertz CT molecular complexity index is 1190. The Labute approximate surface area is 171 Å². The molecule has 0 aliphatic carbocycles. The van der Waals surface area contributed by atoms with Gasteiger partial charge in [-0.1, -0.05) is 25.8 Å². The molecule has 0 saturated carbocycles. The van der Waals surface area contributed by atoms with Gasteiger partial charge in [-0.25, -0.2) is 14.5 Å². The maximum absolute atomic E-state index is 10.2. The van der Waals surface area contributed by atoms with Crippen LogP contribution >= 0.6 is 0 Å². The van der Waals surface area contributed by atoms with Gasteiger partial charge in [0.05, 0.1) is 28.9 Å². The molecule has 0 aliphatic rings. The number of aromatic nitrogens is 5. The van der Waals surface area contributed by atoms with Gasteiger partial charge < -0.3 is 5.11 Å². The van der Waals surface area contributed by atoms with Gasteiger partial charge in [-0.05, 0) is 58.2 Å². The Balaban J connectivity index is 1.97. The summed E-state index contributed by atoms with van der Waals surface area (Å²) in [5, 5.41) is 15.0. The van der Waals surface area contributed by atoms with Crippen LogP contribution in [0.2, 0.25) is 0 Å². The van der Waals surface area contributed by atoms with Crippen LogP contribution < -0.4 is 0 Å². The number of pyridine rings is 1. The van der Waals surface area contributed by atoms with Gasteiger partial charge in [-0.2, -0.15) is 5.10 Å². The molecule has 4 heterocycles. The van der Waals surface area contributed by atoms with E-state index in [0.29, 0.717) is 0 Å². The molecule has 4 rings (SSSR count). The number of hydrogen-bond acceptors (Lipinski definition) is 4. The number of fused-ring (bicyclic) bond motifs is 2. The number of aliphatic hydroxyl groups excluding tert-OH is 1. The van der Waals surface area contributed by atoms with Crippen LogP contribution in [0.3, 0.4) is 0 Å². The van der Waals surface area contributed by atoms with Gasteiger partial charge in [0.2, 0.25) is 0 Å². The molecule has 4 aromatic rings. The first kappa shape index (κ1) is 19.6. The normalized spacial score (nSPS) is 12.9. The second kappa shape index (κ2) is 7.59. The topological polar surface area (TPSA) is 67.7 Å². The van der Waals surface area contributed by atoms with Crippen molar-refractivity contribution in [2.24, 2.45) is 0 Å². The quantitative estimate of drug-likeness (QED) is 0.481. The summed E-state index contributed by atoms with van der Waals surface area (Å²) in [6.45, 7) is 10.1. The van der Waals surface area contributed by atoms with E-state index in [1.54, 1.807) is 6.92 Å². The third-order valence-corrected chi connectivity index (χ3v) is 5.54. The van der Waals surface area contributed by atoms with Gasteiger partial charge in [0.15, 0.2) is 5.65 Å². The SMILES string of the molecule is CCCCCc1cc(C)nn2c(-c3c(C)nc4c(C(C)O)cccn34)c(C)nc12. The minimum atomic E-state index is -0.581. The second-order valence-electron chi connectivity index (χ2n) is 7.93. The molecule has 0 bridgehead atoms. The maximum atomic E-state index is 10.2. The molecule has 0 radical (unpaired) electrons. The molecule has 0 aliphatic heterocycles. The lowest BCUT2D eigenvalue weighted by Crippen LogP contribution is -2.03. The zero-order valence-electron chi connectivity index (χ0n) is 17.9. The highest BCUT2D eigenvalue weighted by molar-refractivity contribution is 5.71. The van der Waals surface area contributed by atoms with Crippen molar-refractivity contribution in [1.82, 2.24) is 24.0 Å². The Morgan fingerprint density at radius 2 is 1.76 bits per heavy atom. The lowest BCUT2D eigenvalue weighted by Gasteiger charge is -2.09. The summed E-state index contributed by atoms with van der Waals surface area (Å²) < 4.78 is 4.03. The molecule has 0 aromatic carbocycles. The highest BCUT2D eigenvalue weighted by Gasteiger charge is 2.22. The summed E-state index contributed by atoms with van der Waals surface area (Å²) in [7, 11) is 0. The first-order valence-corrected chi connectivity index (χ1v) is 10.4. The average molecular weight is 392 g/mol. The van der Waals surface area contributed by atoms with Crippen molar-refractivity contribution < 1.29 is 5.11 Å². The first-order valence-electron chi connectivity index (χ1n) is 10.4. The molecule has 4 aromatic heterocycles. The van der Waals surface area contributed by atoms with E-state index in [0.717, 1.165) is 58.2 Å². The van der Waals surface area contributed by atoms with E-state index in [2.05, 4.69) is 17.4 Å². The van der Waals surface area contributed by atoms with E-state index in [1.807, 2.05) is 43.6 Å². The van der Waals surface area contributed by atoms with Crippen molar-refractivity contribution in [1.29, 1.82) is 0 Å². The third kappa shape index (κ3) is 3.31. The molecule has 0 amide bonds. The van der Waals surface area contributed by atoms with Gasteiger partial charge >= 0.3 is 0 Å². The lowest BCUT2D eigenvalue weighted by atomic mass is 10.1. The third-order valence-electron chi connectivity index (χ3n) is 5.54. The molecule has 152 valence electrons. The fourth-order valence-corrected chi connectivity index (χ4v) is 4.16. The van der Waals surface area contributed by atoms with Crippen LogP contribution in [0.15, 0.2) is 24.4 Å². The molecule has 1 atom stereocenters. The smallest absolute Gasteiger partial charge is 0.157 e. The Kier molecular flexibility index (Phi) is 5.13. The van der Waals surface area contributed by atoms with Crippen LogP contribution in [0.25, 0.3) is 22.7 Å². The van der Waals surface area contributed by atoms with Crippen LogP contribution in [0.5, 0.6) is 0 Å². The molecule has 1 unspecified atom stereocenters. The van der Waals surface area contributed by atoms with E-state index in [1.165, 1.54) is 18.4 Å². The minimum Gasteiger partial charge on any atom is -0.389 e. The Hall–Kier alpha value is -2.73. The summed E-state index contributed by atoms with van der Waals surface area (Å²) in [5.41, 5.74) is 8.54.